The van der Waals surface area contributed by atoms with Crippen LogP contribution in [0, 0.1) is 19.8 Å². The summed E-state index contributed by atoms with van der Waals surface area (Å²) in [5.41, 5.74) is 3.32. The molecule has 166 valence electrons. The molecule has 3 aromatic rings. The Morgan fingerprint density at radius 2 is 1.69 bits per heavy atom. The summed E-state index contributed by atoms with van der Waals surface area (Å²) in [6, 6.07) is 14.5. The van der Waals surface area contributed by atoms with Gasteiger partial charge in [-0.2, -0.15) is 5.10 Å². The number of anilines is 1. The van der Waals surface area contributed by atoms with Crippen molar-refractivity contribution >= 4 is 11.7 Å². The van der Waals surface area contributed by atoms with Crippen LogP contribution in [-0.4, -0.2) is 74.7 Å². The Bertz CT molecular complexity index is 1080. The summed E-state index contributed by atoms with van der Waals surface area (Å²) >= 11 is 0. The van der Waals surface area contributed by atoms with Crippen LogP contribution in [0.25, 0.3) is 5.82 Å². The van der Waals surface area contributed by atoms with E-state index in [0.717, 1.165) is 55.7 Å². The summed E-state index contributed by atoms with van der Waals surface area (Å²) in [5.74, 6) is 1.92. The molecular formula is C24H29N7O. The molecule has 2 aliphatic heterocycles. The largest absolute Gasteiger partial charge is 0.355 e. The lowest BCUT2D eigenvalue weighted by Crippen LogP contribution is -2.58. The van der Waals surface area contributed by atoms with E-state index in [1.165, 1.54) is 5.56 Å². The first-order valence-corrected chi connectivity index (χ1v) is 11.2. The molecule has 0 atom stereocenters. The lowest BCUT2D eigenvalue weighted by atomic mass is 9.98. The number of carbonyl (C=O) groups excluding carboxylic acids is 1. The zero-order valence-corrected chi connectivity index (χ0v) is 18.7. The summed E-state index contributed by atoms with van der Waals surface area (Å²) < 4.78 is 1.83. The second-order valence-corrected chi connectivity index (χ2v) is 8.76. The number of benzene rings is 1. The maximum atomic E-state index is 13.0. The quantitative estimate of drug-likeness (QED) is 0.616. The molecule has 0 N–H and O–H groups in total. The monoisotopic (exact) mass is 431 g/mol. The van der Waals surface area contributed by atoms with E-state index in [-0.39, 0.29) is 11.8 Å². The van der Waals surface area contributed by atoms with Crippen molar-refractivity contribution in [3.05, 3.63) is 65.7 Å². The molecule has 8 nitrogen and oxygen atoms in total. The number of hydrogen-bond donors (Lipinski definition) is 0. The van der Waals surface area contributed by atoms with E-state index in [9.17, 15) is 4.79 Å². The third-order valence-electron chi connectivity index (χ3n) is 6.35. The Labute approximate surface area is 188 Å². The minimum atomic E-state index is 0.0442. The number of carbonyl (C=O) groups is 1. The molecule has 0 aliphatic carbocycles. The molecule has 5 rings (SSSR count). The molecule has 0 saturated carbocycles. The van der Waals surface area contributed by atoms with Crippen molar-refractivity contribution in [3.8, 4) is 5.82 Å². The predicted molar refractivity (Wildman–Crippen MR) is 123 cm³/mol. The molecule has 2 aromatic heterocycles. The van der Waals surface area contributed by atoms with Gasteiger partial charge in [0.05, 0.1) is 11.6 Å². The number of hydrogen-bond acceptors (Lipinski definition) is 6. The van der Waals surface area contributed by atoms with Gasteiger partial charge in [0.1, 0.15) is 12.1 Å². The molecular weight excluding hydrogens is 402 g/mol. The Morgan fingerprint density at radius 1 is 0.969 bits per heavy atom. The minimum Gasteiger partial charge on any atom is -0.355 e. The van der Waals surface area contributed by atoms with Crippen LogP contribution in [0.15, 0.2) is 48.8 Å². The number of aromatic nitrogens is 4. The van der Waals surface area contributed by atoms with Crippen LogP contribution in [0.1, 0.15) is 17.0 Å². The average molecular weight is 432 g/mol. The lowest BCUT2D eigenvalue weighted by molar-refractivity contribution is -0.138. The van der Waals surface area contributed by atoms with Crippen molar-refractivity contribution in [2.75, 3.05) is 44.2 Å². The van der Waals surface area contributed by atoms with E-state index in [1.54, 1.807) is 6.33 Å². The predicted octanol–water partition coefficient (Wildman–Crippen LogP) is 2.06. The molecule has 32 heavy (non-hydrogen) atoms. The van der Waals surface area contributed by atoms with Crippen LogP contribution < -0.4 is 4.90 Å². The SMILES string of the molecule is Cc1cc(C)n(-c2cc(N3CC(C(=O)N4CCN(Cc5ccccc5)CC4)C3)ncn2)n1. The summed E-state index contributed by atoms with van der Waals surface area (Å²) in [7, 11) is 0. The van der Waals surface area contributed by atoms with Crippen molar-refractivity contribution < 1.29 is 4.79 Å². The molecule has 2 fully saturated rings. The number of amides is 1. The molecule has 1 amide bonds. The van der Waals surface area contributed by atoms with E-state index >= 15 is 0 Å². The van der Waals surface area contributed by atoms with Crippen LogP contribution in [-0.2, 0) is 11.3 Å². The fraction of sp³-hybridized carbons (Fsp3) is 0.417. The van der Waals surface area contributed by atoms with Crippen LogP contribution in [0.3, 0.4) is 0 Å². The smallest absolute Gasteiger partial charge is 0.229 e. The van der Waals surface area contributed by atoms with E-state index in [0.29, 0.717) is 13.1 Å². The van der Waals surface area contributed by atoms with Crippen molar-refractivity contribution in [1.82, 2.24) is 29.5 Å². The summed E-state index contributed by atoms with van der Waals surface area (Å²) in [6.07, 6.45) is 1.57. The first-order chi connectivity index (χ1) is 15.6. The van der Waals surface area contributed by atoms with E-state index < -0.39 is 0 Å². The normalized spacial score (nSPS) is 17.4. The van der Waals surface area contributed by atoms with Gasteiger partial charge in [-0.25, -0.2) is 14.6 Å². The molecule has 0 spiro atoms. The number of piperazine rings is 1. The third kappa shape index (κ3) is 4.23. The highest BCUT2D eigenvalue weighted by atomic mass is 16.2. The summed E-state index contributed by atoms with van der Waals surface area (Å²) in [6.45, 7) is 9.80. The van der Waals surface area contributed by atoms with Crippen LogP contribution in [0.2, 0.25) is 0 Å². The Hall–Kier alpha value is -3.26. The maximum Gasteiger partial charge on any atom is 0.229 e. The van der Waals surface area contributed by atoms with Gasteiger partial charge in [-0.3, -0.25) is 9.69 Å². The first-order valence-electron chi connectivity index (χ1n) is 11.2. The highest BCUT2D eigenvalue weighted by Gasteiger charge is 2.37. The fourth-order valence-corrected chi connectivity index (χ4v) is 4.53. The average Bonchev–Trinajstić information content (AvgIpc) is 3.12. The van der Waals surface area contributed by atoms with E-state index in [2.05, 4.69) is 49.1 Å². The molecule has 2 aliphatic rings. The molecule has 4 heterocycles. The number of rotatable bonds is 5. The van der Waals surface area contributed by atoms with Crippen molar-refractivity contribution in [2.45, 2.75) is 20.4 Å². The summed E-state index contributed by atoms with van der Waals surface area (Å²) in [4.78, 5) is 28.4. The van der Waals surface area contributed by atoms with Gasteiger partial charge in [-0.1, -0.05) is 30.3 Å². The van der Waals surface area contributed by atoms with Gasteiger partial charge in [0.15, 0.2) is 5.82 Å². The standard InChI is InChI=1S/C24H29N7O/c1-18-12-19(2)31(27-18)23-13-22(25-17-26-23)30-15-21(16-30)24(32)29-10-8-28(9-11-29)14-20-6-4-3-5-7-20/h3-7,12-13,17,21H,8-11,14-16H2,1-2H3. The van der Waals surface area contributed by atoms with Gasteiger partial charge in [0.2, 0.25) is 5.91 Å². The van der Waals surface area contributed by atoms with Crippen LogP contribution in [0.5, 0.6) is 0 Å². The molecule has 1 aromatic carbocycles. The van der Waals surface area contributed by atoms with Crippen LogP contribution in [0.4, 0.5) is 5.82 Å². The Balaban J connectivity index is 1.14. The molecule has 0 radical (unpaired) electrons. The highest BCUT2D eigenvalue weighted by Crippen LogP contribution is 2.26. The highest BCUT2D eigenvalue weighted by molar-refractivity contribution is 5.82. The van der Waals surface area contributed by atoms with Gasteiger partial charge < -0.3 is 9.80 Å². The van der Waals surface area contributed by atoms with E-state index in [1.807, 2.05) is 41.6 Å². The maximum absolute atomic E-state index is 13.0. The molecule has 0 bridgehead atoms. The van der Waals surface area contributed by atoms with Crippen molar-refractivity contribution in [3.63, 3.8) is 0 Å². The van der Waals surface area contributed by atoms with Gasteiger partial charge in [0.25, 0.3) is 0 Å². The van der Waals surface area contributed by atoms with Gasteiger partial charge in [-0.15, -0.1) is 0 Å². The zero-order valence-electron chi connectivity index (χ0n) is 18.7. The second kappa shape index (κ2) is 8.70. The Kier molecular flexibility index (Phi) is 5.61. The fourth-order valence-electron chi connectivity index (χ4n) is 4.53. The lowest BCUT2D eigenvalue weighted by Gasteiger charge is -2.43. The summed E-state index contributed by atoms with van der Waals surface area (Å²) in [5, 5.41) is 4.50. The second-order valence-electron chi connectivity index (χ2n) is 8.76. The molecule has 2 saturated heterocycles. The van der Waals surface area contributed by atoms with Gasteiger partial charge >= 0.3 is 0 Å². The van der Waals surface area contributed by atoms with Gasteiger partial charge in [0, 0.05) is 57.6 Å². The zero-order chi connectivity index (χ0) is 22.1. The topological polar surface area (TPSA) is 70.4 Å². The Morgan fingerprint density at radius 3 is 2.38 bits per heavy atom. The number of nitrogens with zero attached hydrogens (tertiary/aromatic N) is 7. The molecule has 0 unspecified atom stereocenters. The third-order valence-corrected chi connectivity index (χ3v) is 6.35. The minimum absolute atomic E-state index is 0.0442. The first kappa shape index (κ1) is 20.6. The van der Waals surface area contributed by atoms with Crippen molar-refractivity contribution in [2.24, 2.45) is 5.92 Å². The van der Waals surface area contributed by atoms with Crippen molar-refractivity contribution in [1.29, 1.82) is 0 Å². The number of aryl methyl sites for hydroxylation is 2. The molecule has 8 heteroatoms. The van der Waals surface area contributed by atoms with Gasteiger partial charge in [-0.05, 0) is 25.5 Å². The van der Waals surface area contributed by atoms with Crippen LogP contribution >= 0.6 is 0 Å². The van der Waals surface area contributed by atoms with E-state index in [4.69, 9.17) is 0 Å².